The average molecular weight is 292 g/mol. The van der Waals surface area contributed by atoms with E-state index in [4.69, 9.17) is 4.74 Å². The molecule has 1 aromatic heterocycles. The second-order valence-electron chi connectivity index (χ2n) is 4.30. The van der Waals surface area contributed by atoms with Gasteiger partial charge in [0.25, 0.3) is 0 Å². The molecular weight excluding hydrogens is 276 g/mol. The van der Waals surface area contributed by atoms with E-state index in [9.17, 15) is 8.42 Å². The Morgan fingerprint density at radius 3 is 2.75 bits per heavy atom. The Balaban J connectivity index is 2.15. The topological polar surface area (TPSA) is 68.3 Å². The number of sulfone groups is 1. The molecule has 2 aromatic rings. The maximum atomic E-state index is 11.5. The highest BCUT2D eigenvalue weighted by molar-refractivity contribution is 7.90. The van der Waals surface area contributed by atoms with E-state index in [0.717, 1.165) is 11.4 Å². The van der Waals surface area contributed by atoms with E-state index in [1.807, 2.05) is 12.1 Å². The minimum atomic E-state index is -3.23. The molecule has 6 heteroatoms. The number of ether oxygens (including phenoxy) is 1. The van der Waals surface area contributed by atoms with Crippen molar-refractivity contribution in [2.24, 2.45) is 0 Å². The van der Waals surface area contributed by atoms with Gasteiger partial charge < -0.3 is 10.1 Å². The van der Waals surface area contributed by atoms with Gasteiger partial charge in [0.05, 0.1) is 4.90 Å². The van der Waals surface area contributed by atoms with Gasteiger partial charge in [-0.1, -0.05) is 12.1 Å². The maximum absolute atomic E-state index is 11.5. The molecule has 0 atom stereocenters. The molecule has 20 heavy (non-hydrogen) atoms. The molecule has 0 fully saturated rings. The molecule has 1 heterocycles. The molecule has 2 rings (SSSR count). The lowest BCUT2D eigenvalue weighted by Gasteiger charge is -2.10. The number of nitrogens with one attached hydrogen (secondary N) is 1. The first-order valence-corrected chi connectivity index (χ1v) is 7.94. The first-order valence-electron chi connectivity index (χ1n) is 6.05. The lowest BCUT2D eigenvalue weighted by Crippen LogP contribution is -2.03. The van der Waals surface area contributed by atoms with E-state index < -0.39 is 9.84 Å². The minimum absolute atomic E-state index is 0.245. The summed E-state index contributed by atoms with van der Waals surface area (Å²) in [6.07, 6.45) is 2.87. The molecule has 1 aromatic carbocycles. The summed E-state index contributed by atoms with van der Waals surface area (Å²) in [6.45, 7) is 0.317. The number of pyridine rings is 1. The van der Waals surface area contributed by atoms with Gasteiger partial charge in [0.15, 0.2) is 9.84 Å². The van der Waals surface area contributed by atoms with Crippen LogP contribution >= 0.6 is 0 Å². The predicted octanol–water partition coefficient (Wildman–Crippen LogP) is 2.11. The Kier molecular flexibility index (Phi) is 4.24. The van der Waals surface area contributed by atoms with Crippen molar-refractivity contribution in [3.63, 3.8) is 0 Å². The van der Waals surface area contributed by atoms with Crippen LogP contribution in [0.5, 0.6) is 5.75 Å². The van der Waals surface area contributed by atoms with E-state index in [1.54, 1.807) is 31.4 Å². The van der Waals surface area contributed by atoms with Gasteiger partial charge in [-0.05, 0) is 24.3 Å². The van der Waals surface area contributed by atoms with E-state index >= 15 is 0 Å². The summed E-state index contributed by atoms with van der Waals surface area (Å²) in [4.78, 5) is 4.42. The Labute approximate surface area is 118 Å². The number of benzene rings is 1. The molecule has 0 aliphatic heterocycles. The van der Waals surface area contributed by atoms with Crippen LogP contribution in [-0.4, -0.2) is 26.7 Å². The number of aromatic nitrogens is 1. The predicted molar refractivity (Wildman–Crippen MR) is 77.7 cm³/mol. The van der Waals surface area contributed by atoms with Crippen molar-refractivity contribution < 1.29 is 13.2 Å². The Hall–Kier alpha value is -2.08. The van der Waals surface area contributed by atoms with E-state index in [2.05, 4.69) is 10.3 Å². The van der Waals surface area contributed by atoms with Crippen LogP contribution in [0.15, 0.2) is 47.5 Å². The van der Waals surface area contributed by atoms with Crippen molar-refractivity contribution in [3.05, 3.63) is 48.2 Å². The molecule has 0 saturated heterocycles. The zero-order valence-corrected chi connectivity index (χ0v) is 12.1. The summed E-state index contributed by atoms with van der Waals surface area (Å²) in [7, 11) is -1.44. The van der Waals surface area contributed by atoms with Gasteiger partial charge in [0.2, 0.25) is 0 Å². The van der Waals surface area contributed by atoms with Crippen LogP contribution in [0.4, 0.5) is 5.82 Å². The second-order valence-corrected chi connectivity index (χ2v) is 6.31. The molecule has 0 aliphatic rings. The molecule has 0 spiro atoms. The SMILES string of the molecule is CNc1ncccc1COc1cccc(S(C)(=O)=O)c1. The molecule has 5 nitrogen and oxygen atoms in total. The molecule has 106 valence electrons. The van der Waals surface area contributed by atoms with Gasteiger partial charge in [-0.3, -0.25) is 0 Å². The average Bonchev–Trinajstić information content (AvgIpc) is 2.45. The van der Waals surface area contributed by atoms with Gasteiger partial charge in [-0.2, -0.15) is 0 Å². The zero-order chi connectivity index (χ0) is 14.6. The fourth-order valence-corrected chi connectivity index (χ4v) is 2.39. The quantitative estimate of drug-likeness (QED) is 0.914. The molecule has 0 saturated carbocycles. The molecule has 0 bridgehead atoms. The minimum Gasteiger partial charge on any atom is -0.489 e. The highest BCUT2D eigenvalue weighted by Crippen LogP contribution is 2.20. The number of anilines is 1. The van der Waals surface area contributed by atoms with Crippen LogP contribution in [0, 0.1) is 0 Å². The van der Waals surface area contributed by atoms with Crippen LogP contribution in [-0.2, 0) is 16.4 Å². The van der Waals surface area contributed by atoms with Crippen LogP contribution in [0.2, 0.25) is 0 Å². The lowest BCUT2D eigenvalue weighted by atomic mass is 10.2. The molecule has 0 unspecified atom stereocenters. The molecule has 1 N–H and O–H groups in total. The van der Waals surface area contributed by atoms with Crippen molar-refractivity contribution >= 4 is 15.7 Å². The highest BCUT2D eigenvalue weighted by atomic mass is 32.2. The molecular formula is C14H16N2O3S. The van der Waals surface area contributed by atoms with Gasteiger partial charge in [-0.25, -0.2) is 13.4 Å². The number of rotatable bonds is 5. The monoisotopic (exact) mass is 292 g/mol. The van der Waals surface area contributed by atoms with E-state index in [-0.39, 0.29) is 4.90 Å². The van der Waals surface area contributed by atoms with Crippen molar-refractivity contribution in [1.29, 1.82) is 0 Å². The molecule has 0 amide bonds. The normalized spacial score (nSPS) is 11.1. The van der Waals surface area contributed by atoms with Crippen molar-refractivity contribution in [1.82, 2.24) is 4.98 Å². The first kappa shape index (κ1) is 14.3. The largest absolute Gasteiger partial charge is 0.489 e. The summed E-state index contributed by atoms with van der Waals surface area (Å²) in [5.41, 5.74) is 0.903. The smallest absolute Gasteiger partial charge is 0.175 e. The van der Waals surface area contributed by atoms with Crippen LogP contribution < -0.4 is 10.1 Å². The molecule has 0 aliphatic carbocycles. The van der Waals surface area contributed by atoms with Gasteiger partial charge in [0.1, 0.15) is 18.2 Å². The zero-order valence-electron chi connectivity index (χ0n) is 11.3. The van der Waals surface area contributed by atoms with Gasteiger partial charge in [-0.15, -0.1) is 0 Å². The Morgan fingerprint density at radius 2 is 2.05 bits per heavy atom. The summed E-state index contributed by atoms with van der Waals surface area (Å²) in [5, 5.41) is 2.98. The summed E-state index contributed by atoms with van der Waals surface area (Å²) in [5.74, 6) is 1.26. The second kappa shape index (κ2) is 5.92. The lowest BCUT2D eigenvalue weighted by molar-refractivity contribution is 0.305. The number of nitrogens with zero attached hydrogens (tertiary/aromatic N) is 1. The standard InChI is InChI=1S/C14H16N2O3S/c1-15-14-11(5-4-8-16-14)10-19-12-6-3-7-13(9-12)20(2,17)18/h3-9H,10H2,1-2H3,(H,15,16). The molecule has 0 radical (unpaired) electrons. The third-order valence-electron chi connectivity index (χ3n) is 2.76. The van der Waals surface area contributed by atoms with Crippen molar-refractivity contribution in [2.75, 3.05) is 18.6 Å². The van der Waals surface area contributed by atoms with Crippen molar-refractivity contribution in [3.8, 4) is 5.75 Å². The number of hydrogen-bond donors (Lipinski definition) is 1. The van der Waals surface area contributed by atoms with E-state index in [0.29, 0.717) is 12.4 Å². The summed E-state index contributed by atoms with van der Waals surface area (Å²) < 4.78 is 28.6. The van der Waals surface area contributed by atoms with Crippen LogP contribution in [0.3, 0.4) is 0 Å². The van der Waals surface area contributed by atoms with Gasteiger partial charge >= 0.3 is 0 Å². The van der Waals surface area contributed by atoms with Crippen LogP contribution in [0.25, 0.3) is 0 Å². The van der Waals surface area contributed by atoms with E-state index in [1.165, 1.54) is 12.3 Å². The highest BCUT2D eigenvalue weighted by Gasteiger charge is 2.08. The summed E-state index contributed by atoms with van der Waals surface area (Å²) >= 11 is 0. The third kappa shape index (κ3) is 3.48. The Bertz CT molecular complexity index is 699. The van der Waals surface area contributed by atoms with Crippen LogP contribution in [0.1, 0.15) is 5.56 Å². The first-order chi connectivity index (χ1) is 9.50. The Morgan fingerprint density at radius 1 is 1.25 bits per heavy atom. The number of hydrogen-bond acceptors (Lipinski definition) is 5. The fraction of sp³-hybridized carbons (Fsp3) is 0.214. The summed E-state index contributed by atoms with van der Waals surface area (Å²) in [6, 6.07) is 10.2. The fourth-order valence-electron chi connectivity index (χ4n) is 1.74. The van der Waals surface area contributed by atoms with Crippen molar-refractivity contribution in [2.45, 2.75) is 11.5 Å². The van der Waals surface area contributed by atoms with Gasteiger partial charge in [0, 0.05) is 25.1 Å². The third-order valence-corrected chi connectivity index (χ3v) is 3.87. The maximum Gasteiger partial charge on any atom is 0.175 e.